The number of benzene rings is 1. The van der Waals surface area contributed by atoms with Crippen LogP contribution in [0.15, 0.2) is 30.7 Å². The topological polar surface area (TPSA) is 37.8 Å². The van der Waals surface area contributed by atoms with Gasteiger partial charge >= 0.3 is 0 Å². The van der Waals surface area contributed by atoms with Crippen LogP contribution in [0.25, 0.3) is 0 Å². The molecule has 4 heteroatoms. The van der Waals surface area contributed by atoms with Crippen LogP contribution < -0.4 is 5.32 Å². The van der Waals surface area contributed by atoms with Gasteiger partial charge in [0.1, 0.15) is 12.1 Å². The molecule has 17 heavy (non-hydrogen) atoms. The number of rotatable bonds is 3. The van der Waals surface area contributed by atoms with Crippen molar-refractivity contribution >= 4 is 34.1 Å². The third-order valence-corrected chi connectivity index (χ3v) is 3.44. The van der Waals surface area contributed by atoms with Crippen LogP contribution in [-0.4, -0.2) is 9.97 Å². The van der Waals surface area contributed by atoms with Crippen LogP contribution in [0.2, 0.25) is 0 Å². The molecule has 0 atom stereocenters. The zero-order chi connectivity index (χ0) is 12.3. The summed E-state index contributed by atoms with van der Waals surface area (Å²) < 4.78 is 1.02. The Hall–Kier alpha value is -1.17. The largest absolute Gasteiger partial charge is 0.339 e. The first-order chi connectivity index (χ1) is 8.22. The molecule has 0 aliphatic heterocycles. The number of halogens is 1. The smallest absolute Gasteiger partial charge is 0.147 e. The maximum Gasteiger partial charge on any atom is 0.147 e. The lowest BCUT2D eigenvalue weighted by atomic mass is 10.1. The quantitative estimate of drug-likeness (QED) is 0.867. The van der Waals surface area contributed by atoms with Gasteiger partial charge in [0.25, 0.3) is 0 Å². The van der Waals surface area contributed by atoms with Gasteiger partial charge in [-0.3, -0.25) is 0 Å². The SMILES string of the molecule is CCc1cccc(C)c1Nc1ncncc1I. The van der Waals surface area contributed by atoms with E-state index in [1.165, 1.54) is 11.1 Å². The van der Waals surface area contributed by atoms with Gasteiger partial charge in [-0.1, -0.05) is 25.1 Å². The summed E-state index contributed by atoms with van der Waals surface area (Å²) in [5.74, 6) is 0.865. The number of hydrogen-bond acceptors (Lipinski definition) is 3. The predicted octanol–water partition coefficient (Wildman–Crippen LogP) is 3.70. The van der Waals surface area contributed by atoms with Crippen molar-refractivity contribution < 1.29 is 0 Å². The van der Waals surface area contributed by atoms with E-state index in [4.69, 9.17) is 0 Å². The van der Waals surface area contributed by atoms with Crippen molar-refractivity contribution in [1.82, 2.24) is 9.97 Å². The molecule has 88 valence electrons. The zero-order valence-corrected chi connectivity index (χ0v) is 12.0. The Morgan fingerprint density at radius 3 is 2.88 bits per heavy atom. The Bertz CT molecular complexity index is 526. The number of para-hydroxylation sites is 1. The van der Waals surface area contributed by atoms with Gasteiger partial charge in [0.2, 0.25) is 0 Å². The first-order valence-electron chi connectivity index (χ1n) is 5.53. The number of nitrogens with zero attached hydrogens (tertiary/aromatic N) is 2. The summed E-state index contributed by atoms with van der Waals surface area (Å²) >= 11 is 2.24. The van der Waals surface area contributed by atoms with E-state index in [-0.39, 0.29) is 0 Å². The van der Waals surface area contributed by atoms with E-state index in [1.54, 1.807) is 12.5 Å². The van der Waals surface area contributed by atoms with E-state index in [0.717, 1.165) is 21.5 Å². The molecule has 0 spiro atoms. The lowest BCUT2D eigenvalue weighted by molar-refractivity contribution is 1.11. The molecule has 3 nitrogen and oxygen atoms in total. The molecular weight excluding hydrogens is 325 g/mol. The molecule has 0 radical (unpaired) electrons. The second-order valence-electron chi connectivity index (χ2n) is 3.81. The van der Waals surface area contributed by atoms with Gasteiger partial charge in [-0.2, -0.15) is 0 Å². The highest BCUT2D eigenvalue weighted by Crippen LogP contribution is 2.26. The van der Waals surface area contributed by atoms with E-state index in [1.807, 2.05) is 0 Å². The number of aryl methyl sites for hydroxylation is 2. The van der Waals surface area contributed by atoms with Crippen LogP contribution >= 0.6 is 22.6 Å². The summed E-state index contributed by atoms with van der Waals surface area (Å²) in [7, 11) is 0. The molecule has 0 saturated heterocycles. The van der Waals surface area contributed by atoms with Crippen LogP contribution in [-0.2, 0) is 6.42 Å². The first-order valence-corrected chi connectivity index (χ1v) is 6.61. The second-order valence-corrected chi connectivity index (χ2v) is 4.97. The summed E-state index contributed by atoms with van der Waals surface area (Å²) in [6, 6.07) is 6.34. The van der Waals surface area contributed by atoms with E-state index in [0.29, 0.717) is 0 Å². The molecule has 0 aliphatic rings. The molecule has 1 N–H and O–H groups in total. The maximum absolute atomic E-state index is 4.26. The Morgan fingerprint density at radius 1 is 1.35 bits per heavy atom. The van der Waals surface area contributed by atoms with Crippen LogP contribution in [0.5, 0.6) is 0 Å². The fourth-order valence-corrected chi connectivity index (χ4v) is 2.16. The number of nitrogens with one attached hydrogen (secondary N) is 1. The molecule has 1 heterocycles. The van der Waals surface area contributed by atoms with Crippen molar-refractivity contribution in [2.45, 2.75) is 20.3 Å². The van der Waals surface area contributed by atoms with Crippen molar-refractivity contribution in [2.75, 3.05) is 5.32 Å². The van der Waals surface area contributed by atoms with Crippen molar-refractivity contribution in [3.05, 3.63) is 45.4 Å². The first kappa shape index (κ1) is 12.3. The van der Waals surface area contributed by atoms with Crippen LogP contribution in [0, 0.1) is 10.5 Å². The molecule has 1 aromatic carbocycles. The minimum Gasteiger partial charge on any atom is -0.339 e. The highest BCUT2D eigenvalue weighted by Gasteiger charge is 2.07. The minimum atomic E-state index is 0.865. The average Bonchev–Trinajstić information content (AvgIpc) is 2.34. The van der Waals surface area contributed by atoms with Gasteiger partial charge in [-0.25, -0.2) is 9.97 Å². The van der Waals surface area contributed by atoms with Gasteiger partial charge in [0.05, 0.1) is 3.57 Å². The van der Waals surface area contributed by atoms with Gasteiger partial charge < -0.3 is 5.32 Å². The summed E-state index contributed by atoms with van der Waals surface area (Å²) in [6.07, 6.45) is 4.37. The molecule has 0 fully saturated rings. The Labute approximate surface area is 115 Å². The van der Waals surface area contributed by atoms with Gasteiger partial charge in [-0.15, -0.1) is 0 Å². The van der Waals surface area contributed by atoms with E-state index in [2.05, 4.69) is 69.9 Å². The van der Waals surface area contributed by atoms with Gasteiger partial charge in [0.15, 0.2) is 0 Å². The molecule has 0 saturated carbocycles. The number of aromatic nitrogens is 2. The molecule has 0 unspecified atom stereocenters. The lowest BCUT2D eigenvalue weighted by Gasteiger charge is -2.13. The Balaban J connectivity index is 2.39. The zero-order valence-electron chi connectivity index (χ0n) is 9.87. The summed E-state index contributed by atoms with van der Waals surface area (Å²) in [5.41, 5.74) is 3.70. The molecule has 2 rings (SSSR count). The van der Waals surface area contributed by atoms with Gasteiger partial charge in [0, 0.05) is 11.9 Å². The van der Waals surface area contributed by atoms with Crippen molar-refractivity contribution in [3.8, 4) is 0 Å². The fraction of sp³-hybridized carbons (Fsp3) is 0.231. The normalized spacial score (nSPS) is 10.3. The minimum absolute atomic E-state index is 0.865. The lowest BCUT2D eigenvalue weighted by Crippen LogP contribution is -2.01. The number of anilines is 2. The Kier molecular flexibility index (Phi) is 3.93. The van der Waals surface area contributed by atoms with Crippen molar-refractivity contribution in [2.24, 2.45) is 0 Å². The van der Waals surface area contributed by atoms with E-state index < -0.39 is 0 Å². The van der Waals surface area contributed by atoms with Crippen molar-refractivity contribution in [1.29, 1.82) is 0 Å². The second kappa shape index (κ2) is 5.44. The van der Waals surface area contributed by atoms with Crippen LogP contribution in [0.4, 0.5) is 11.5 Å². The molecule has 0 amide bonds. The van der Waals surface area contributed by atoms with Crippen LogP contribution in [0.3, 0.4) is 0 Å². The molecule has 0 bridgehead atoms. The van der Waals surface area contributed by atoms with E-state index in [9.17, 15) is 0 Å². The highest BCUT2D eigenvalue weighted by molar-refractivity contribution is 14.1. The molecule has 2 aromatic rings. The highest BCUT2D eigenvalue weighted by atomic mass is 127. The fourth-order valence-electron chi connectivity index (χ4n) is 1.73. The van der Waals surface area contributed by atoms with Gasteiger partial charge in [-0.05, 0) is 47.1 Å². The maximum atomic E-state index is 4.26. The summed E-state index contributed by atoms with van der Waals surface area (Å²) in [5, 5.41) is 3.40. The molecule has 0 aliphatic carbocycles. The third kappa shape index (κ3) is 2.74. The van der Waals surface area contributed by atoms with E-state index >= 15 is 0 Å². The third-order valence-electron chi connectivity index (χ3n) is 2.65. The predicted molar refractivity (Wildman–Crippen MR) is 78.6 cm³/mol. The molecular formula is C13H14IN3. The average molecular weight is 339 g/mol. The summed E-state index contributed by atoms with van der Waals surface area (Å²) in [4.78, 5) is 8.25. The van der Waals surface area contributed by atoms with Crippen LogP contribution in [0.1, 0.15) is 18.1 Å². The van der Waals surface area contributed by atoms with Crippen molar-refractivity contribution in [3.63, 3.8) is 0 Å². The molecule has 1 aromatic heterocycles. The summed E-state index contributed by atoms with van der Waals surface area (Å²) in [6.45, 7) is 4.26. The standard InChI is InChI=1S/C13H14IN3/c1-3-10-6-4-5-9(2)12(10)17-13-11(14)7-15-8-16-13/h4-8H,3H2,1-2H3,(H,15,16,17). The number of hydrogen-bond donors (Lipinski definition) is 1. The monoisotopic (exact) mass is 339 g/mol. The Morgan fingerprint density at radius 2 is 2.18 bits per heavy atom.